The molecule has 2 aliphatic heterocycles. The van der Waals surface area contributed by atoms with Crippen molar-refractivity contribution in [3.05, 3.63) is 0 Å². The Kier molecular flexibility index (Phi) is 3.46. The molecule has 1 atom stereocenters. The van der Waals surface area contributed by atoms with Crippen LogP contribution in [0.25, 0.3) is 0 Å². The Labute approximate surface area is 91.2 Å². The standard InChI is InChI=1S/C11H20N2O2/c1-10-9-13(7-8-15-10)11(14)12-5-3-2-4-6-12/h10H,2-9H2,1H3. The highest BCUT2D eigenvalue weighted by Crippen LogP contribution is 2.13. The summed E-state index contributed by atoms with van der Waals surface area (Å²) in [6.45, 7) is 6.07. The van der Waals surface area contributed by atoms with E-state index in [0.29, 0.717) is 6.61 Å². The van der Waals surface area contributed by atoms with Gasteiger partial charge in [0, 0.05) is 26.2 Å². The maximum atomic E-state index is 12.1. The molecule has 15 heavy (non-hydrogen) atoms. The number of carbonyl (C=O) groups excluding carboxylic acids is 1. The summed E-state index contributed by atoms with van der Waals surface area (Å²) < 4.78 is 5.43. The van der Waals surface area contributed by atoms with Gasteiger partial charge >= 0.3 is 6.03 Å². The molecular weight excluding hydrogens is 192 g/mol. The molecule has 4 heteroatoms. The van der Waals surface area contributed by atoms with Crippen molar-refractivity contribution < 1.29 is 9.53 Å². The van der Waals surface area contributed by atoms with Crippen molar-refractivity contribution in [2.24, 2.45) is 0 Å². The average Bonchev–Trinajstić information content (AvgIpc) is 2.29. The summed E-state index contributed by atoms with van der Waals surface area (Å²) in [6, 6.07) is 0.213. The molecule has 1 unspecified atom stereocenters. The van der Waals surface area contributed by atoms with E-state index in [1.165, 1.54) is 6.42 Å². The molecule has 4 nitrogen and oxygen atoms in total. The van der Waals surface area contributed by atoms with E-state index in [2.05, 4.69) is 0 Å². The molecular formula is C11H20N2O2. The maximum Gasteiger partial charge on any atom is 0.320 e. The van der Waals surface area contributed by atoms with Crippen LogP contribution in [0.2, 0.25) is 0 Å². The Bertz CT molecular complexity index is 227. The molecule has 0 aromatic rings. The van der Waals surface area contributed by atoms with Gasteiger partial charge in [-0.15, -0.1) is 0 Å². The molecule has 2 heterocycles. The molecule has 2 aliphatic rings. The van der Waals surface area contributed by atoms with Gasteiger partial charge in [-0.25, -0.2) is 4.79 Å². The predicted octanol–water partition coefficient (Wildman–Crippen LogP) is 1.31. The Hall–Kier alpha value is -0.770. The smallest absolute Gasteiger partial charge is 0.320 e. The fourth-order valence-electron chi connectivity index (χ4n) is 2.28. The number of amides is 2. The normalized spacial score (nSPS) is 27.9. The second-order valence-corrected chi connectivity index (χ2v) is 4.46. The number of piperidine rings is 1. The first-order valence-corrected chi connectivity index (χ1v) is 5.93. The van der Waals surface area contributed by atoms with Crippen LogP contribution in [0.5, 0.6) is 0 Å². The largest absolute Gasteiger partial charge is 0.375 e. The third-order valence-corrected chi connectivity index (χ3v) is 3.14. The van der Waals surface area contributed by atoms with Crippen molar-refractivity contribution in [3.63, 3.8) is 0 Å². The zero-order valence-corrected chi connectivity index (χ0v) is 9.45. The van der Waals surface area contributed by atoms with Gasteiger partial charge in [-0.3, -0.25) is 0 Å². The molecule has 2 saturated heterocycles. The van der Waals surface area contributed by atoms with Gasteiger partial charge in [0.2, 0.25) is 0 Å². The minimum absolute atomic E-state index is 0.187. The lowest BCUT2D eigenvalue weighted by Crippen LogP contribution is -2.51. The Morgan fingerprint density at radius 3 is 2.53 bits per heavy atom. The van der Waals surface area contributed by atoms with Crippen LogP contribution in [0.3, 0.4) is 0 Å². The van der Waals surface area contributed by atoms with E-state index in [-0.39, 0.29) is 12.1 Å². The number of hydrogen-bond donors (Lipinski definition) is 0. The van der Waals surface area contributed by atoms with Gasteiger partial charge in [-0.05, 0) is 26.2 Å². The summed E-state index contributed by atoms with van der Waals surface area (Å²) in [7, 11) is 0. The van der Waals surface area contributed by atoms with Gasteiger partial charge in [-0.2, -0.15) is 0 Å². The SMILES string of the molecule is CC1CN(C(=O)N2CCCCC2)CCO1. The molecule has 0 N–H and O–H groups in total. The first kappa shape index (κ1) is 10.7. The zero-order valence-electron chi connectivity index (χ0n) is 9.45. The molecule has 0 radical (unpaired) electrons. The van der Waals surface area contributed by atoms with E-state index in [0.717, 1.165) is 39.0 Å². The quantitative estimate of drug-likeness (QED) is 0.606. The second-order valence-electron chi connectivity index (χ2n) is 4.46. The molecule has 0 saturated carbocycles. The minimum Gasteiger partial charge on any atom is -0.375 e. The first-order chi connectivity index (χ1) is 7.27. The summed E-state index contributed by atoms with van der Waals surface area (Å²) >= 11 is 0. The number of urea groups is 1. The molecule has 0 spiro atoms. The first-order valence-electron chi connectivity index (χ1n) is 5.93. The highest BCUT2D eigenvalue weighted by Gasteiger charge is 2.26. The summed E-state index contributed by atoms with van der Waals surface area (Å²) in [5, 5.41) is 0. The lowest BCUT2D eigenvalue weighted by atomic mass is 10.1. The second kappa shape index (κ2) is 4.84. The highest BCUT2D eigenvalue weighted by atomic mass is 16.5. The number of nitrogens with zero attached hydrogens (tertiary/aromatic N) is 2. The summed E-state index contributed by atoms with van der Waals surface area (Å²) in [4.78, 5) is 16.0. The van der Waals surface area contributed by atoms with Gasteiger partial charge in [-0.1, -0.05) is 0 Å². The Morgan fingerprint density at radius 1 is 1.13 bits per heavy atom. The molecule has 0 aromatic carbocycles. The van der Waals surface area contributed by atoms with Gasteiger partial charge in [0.1, 0.15) is 0 Å². The van der Waals surface area contributed by atoms with Crippen molar-refractivity contribution >= 4 is 6.03 Å². The van der Waals surface area contributed by atoms with E-state index in [1.54, 1.807) is 0 Å². The molecule has 0 bridgehead atoms. The third kappa shape index (κ3) is 2.62. The number of rotatable bonds is 0. The van der Waals surface area contributed by atoms with Gasteiger partial charge < -0.3 is 14.5 Å². The zero-order chi connectivity index (χ0) is 10.7. The van der Waals surface area contributed by atoms with Crippen molar-refractivity contribution in [2.45, 2.75) is 32.3 Å². The number of carbonyl (C=O) groups is 1. The fourth-order valence-corrected chi connectivity index (χ4v) is 2.28. The third-order valence-electron chi connectivity index (χ3n) is 3.14. The Morgan fingerprint density at radius 2 is 1.87 bits per heavy atom. The van der Waals surface area contributed by atoms with Crippen LogP contribution in [0.4, 0.5) is 4.79 Å². The average molecular weight is 212 g/mol. The van der Waals surface area contributed by atoms with Gasteiger partial charge in [0.25, 0.3) is 0 Å². The van der Waals surface area contributed by atoms with Crippen molar-refractivity contribution in [2.75, 3.05) is 32.8 Å². The van der Waals surface area contributed by atoms with Crippen LogP contribution in [0, 0.1) is 0 Å². The molecule has 0 aliphatic carbocycles. The minimum atomic E-state index is 0.187. The molecule has 2 rings (SSSR count). The van der Waals surface area contributed by atoms with Crippen molar-refractivity contribution in [1.29, 1.82) is 0 Å². The summed E-state index contributed by atoms with van der Waals surface area (Å²) in [6.07, 6.45) is 3.77. The maximum absolute atomic E-state index is 12.1. The fraction of sp³-hybridized carbons (Fsp3) is 0.909. The molecule has 2 fully saturated rings. The number of morpholine rings is 1. The van der Waals surface area contributed by atoms with Crippen molar-refractivity contribution in [1.82, 2.24) is 9.80 Å². The van der Waals surface area contributed by atoms with Crippen LogP contribution in [-0.2, 0) is 4.74 Å². The number of hydrogen-bond acceptors (Lipinski definition) is 2. The number of ether oxygens (including phenoxy) is 1. The monoisotopic (exact) mass is 212 g/mol. The van der Waals surface area contributed by atoms with E-state index in [4.69, 9.17) is 4.74 Å². The van der Waals surface area contributed by atoms with Crippen LogP contribution in [0.1, 0.15) is 26.2 Å². The van der Waals surface area contributed by atoms with Gasteiger partial charge in [0.15, 0.2) is 0 Å². The molecule has 86 valence electrons. The van der Waals surface area contributed by atoms with E-state index >= 15 is 0 Å². The summed E-state index contributed by atoms with van der Waals surface area (Å²) in [5.74, 6) is 0. The van der Waals surface area contributed by atoms with Crippen LogP contribution < -0.4 is 0 Å². The van der Waals surface area contributed by atoms with Crippen LogP contribution in [0.15, 0.2) is 0 Å². The number of likely N-dealkylation sites (tertiary alicyclic amines) is 1. The van der Waals surface area contributed by atoms with E-state index in [1.807, 2.05) is 16.7 Å². The highest BCUT2D eigenvalue weighted by molar-refractivity contribution is 5.74. The van der Waals surface area contributed by atoms with Crippen LogP contribution in [-0.4, -0.2) is 54.7 Å². The molecule has 0 aromatic heterocycles. The van der Waals surface area contributed by atoms with Crippen LogP contribution >= 0.6 is 0 Å². The lowest BCUT2D eigenvalue weighted by molar-refractivity contribution is -0.00987. The predicted molar refractivity (Wildman–Crippen MR) is 57.8 cm³/mol. The molecule has 2 amide bonds. The van der Waals surface area contributed by atoms with E-state index in [9.17, 15) is 4.79 Å². The van der Waals surface area contributed by atoms with Crippen molar-refractivity contribution in [3.8, 4) is 0 Å². The lowest BCUT2D eigenvalue weighted by Gasteiger charge is -2.36. The topological polar surface area (TPSA) is 32.8 Å². The van der Waals surface area contributed by atoms with Gasteiger partial charge in [0.05, 0.1) is 12.7 Å². The summed E-state index contributed by atoms with van der Waals surface area (Å²) in [5.41, 5.74) is 0. The van der Waals surface area contributed by atoms with E-state index < -0.39 is 0 Å². The Balaban J connectivity index is 1.88.